The molecule has 0 N–H and O–H groups in total. The molecule has 0 bridgehead atoms. The van der Waals surface area contributed by atoms with Gasteiger partial charge < -0.3 is 4.90 Å². The minimum atomic E-state index is -0.244. The van der Waals surface area contributed by atoms with Gasteiger partial charge >= 0.3 is 0 Å². The van der Waals surface area contributed by atoms with Gasteiger partial charge in [0, 0.05) is 17.6 Å². The van der Waals surface area contributed by atoms with Gasteiger partial charge in [-0.25, -0.2) is 4.39 Å². The van der Waals surface area contributed by atoms with Gasteiger partial charge in [0.2, 0.25) is 0 Å². The molecule has 100 valence electrons. The lowest BCUT2D eigenvalue weighted by atomic mass is 10.1. The third-order valence-corrected chi connectivity index (χ3v) is 4.22. The molecule has 2 aromatic rings. The van der Waals surface area contributed by atoms with E-state index in [1.807, 2.05) is 29.2 Å². The average molecular weight is 331 g/mol. The fraction of sp³-hybridized carbons (Fsp3) is 0.188. The van der Waals surface area contributed by atoms with E-state index in [0.29, 0.717) is 10.9 Å². The van der Waals surface area contributed by atoms with Crippen LogP contribution in [0.1, 0.15) is 16.7 Å². The number of anilines is 2. The van der Waals surface area contributed by atoms with Crippen molar-refractivity contribution in [2.24, 2.45) is 0 Å². The van der Waals surface area contributed by atoms with Crippen LogP contribution >= 0.6 is 15.9 Å². The standard InChI is InChI=1S/C16H12BrFN2/c17-9-11-1-4-15(13(7-11)10-19)20-6-5-12-2-3-14(18)8-16(12)20/h1-4,7-8H,5-6,9H2. The molecule has 0 amide bonds. The maximum atomic E-state index is 13.5. The molecule has 0 aromatic heterocycles. The van der Waals surface area contributed by atoms with Gasteiger partial charge in [-0.15, -0.1) is 0 Å². The van der Waals surface area contributed by atoms with Crippen molar-refractivity contribution in [1.82, 2.24) is 0 Å². The molecule has 0 unspecified atom stereocenters. The zero-order valence-corrected chi connectivity index (χ0v) is 12.3. The molecule has 1 aliphatic rings. The van der Waals surface area contributed by atoms with E-state index in [4.69, 9.17) is 0 Å². The highest BCUT2D eigenvalue weighted by Gasteiger charge is 2.23. The number of hydrogen-bond acceptors (Lipinski definition) is 2. The number of rotatable bonds is 2. The van der Waals surface area contributed by atoms with Gasteiger partial charge in [-0.05, 0) is 41.8 Å². The third-order valence-electron chi connectivity index (χ3n) is 3.57. The minimum Gasteiger partial charge on any atom is -0.340 e. The molecule has 0 saturated carbocycles. The summed E-state index contributed by atoms with van der Waals surface area (Å²) in [7, 11) is 0. The quantitative estimate of drug-likeness (QED) is 0.768. The molecule has 4 heteroatoms. The van der Waals surface area contributed by atoms with Crippen LogP contribution < -0.4 is 4.90 Å². The topological polar surface area (TPSA) is 27.0 Å². The fourth-order valence-corrected chi connectivity index (χ4v) is 2.94. The van der Waals surface area contributed by atoms with Gasteiger partial charge in [0.25, 0.3) is 0 Å². The lowest BCUT2D eigenvalue weighted by Gasteiger charge is -2.21. The Morgan fingerprint density at radius 1 is 1.20 bits per heavy atom. The monoisotopic (exact) mass is 330 g/mol. The van der Waals surface area contributed by atoms with Crippen molar-refractivity contribution in [3.05, 3.63) is 58.9 Å². The van der Waals surface area contributed by atoms with E-state index in [2.05, 4.69) is 22.0 Å². The van der Waals surface area contributed by atoms with Crippen LogP contribution in [0.4, 0.5) is 15.8 Å². The summed E-state index contributed by atoms with van der Waals surface area (Å²) in [4.78, 5) is 2.02. The Labute approximate surface area is 125 Å². The Hall–Kier alpha value is -1.86. The largest absolute Gasteiger partial charge is 0.340 e. The van der Waals surface area contributed by atoms with Crippen molar-refractivity contribution in [2.45, 2.75) is 11.8 Å². The first-order valence-electron chi connectivity index (χ1n) is 6.38. The molecule has 2 aromatic carbocycles. The SMILES string of the molecule is N#Cc1cc(CBr)ccc1N1CCc2ccc(F)cc21. The van der Waals surface area contributed by atoms with E-state index in [-0.39, 0.29) is 5.82 Å². The molecular weight excluding hydrogens is 319 g/mol. The third kappa shape index (κ3) is 2.19. The van der Waals surface area contributed by atoms with Crippen LogP contribution in [0.2, 0.25) is 0 Å². The number of nitriles is 1. The predicted octanol–water partition coefficient (Wildman–Crippen LogP) is 4.29. The van der Waals surface area contributed by atoms with Crippen molar-refractivity contribution in [3.8, 4) is 6.07 Å². The molecule has 3 rings (SSSR count). The molecule has 2 nitrogen and oxygen atoms in total. The number of halogens is 2. The first kappa shape index (κ1) is 13.1. The maximum absolute atomic E-state index is 13.5. The zero-order chi connectivity index (χ0) is 14.1. The molecular formula is C16H12BrFN2. The Kier molecular flexibility index (Phi) is 3.45. The van der Waals surface area contributed by atoms with E-state index in [9.17, 15) is 9.65 Å². The number of hydrogen-bond donors (Lipinski definition) is 0. The Balaban J connectivity index is 2.08. The summed E-state index contributed by atoms with van der Waals surface area (Å²) in [5, 5.41) is 10.1. The summed E-state index contributed by atoms with van der Waals surface area (Å²) in [5.41, 5.74) is 4.53. The molecule has 0 fully saturated rings. The smallest absolute Gasteiger partial charge is 0.125 e. The first-order chi connectivity index (χ1) is 9.72. The highest BCUT2D eigenvalue weighted by Crippen LogP contribution is 2.36. The van der Waals surface area contributed by atoms with Crippen LogP contribution in [0, 0.1) is 17.1 Å². The lowest BCUT2D eigenvalue weighted by Crippen LogP contribution is -2.14. The molecule has 1 heterocycles. The van der Waals surface area contributed by atoms with E-state index < -0.39 is 0 Å². The van der Waals surface area contributed by atoms with Gasteiger partial charge in [0.1, 0.15) is 11.9 Å². The lowest BCUT2D eigenvalue weighted by molar-refractivity contribution is 0.628. The molecule has 0 spiro atoms. The summed E-state index contributed by atoms with van der Waals surface area (Å²) < 4.78 is 13.5. The Morgan fingerprint density at radius 2 is 2.05 bits per heavy atom. The maximum Gasteiger partial charge on any atom is 0.125 e. The van der Waals surface area contributed by atoms with Gasteiger partial charge in [-0.2, -0.15) is 5.26 Å². The highest BCUT2D eigenvalue weighted by molar-refractivity contribution is 9.08. The van der Waals surface area contributed by atoms with E-state index >= 15 is 0 Å². The van der Waals surface area contributed by atoms with Crippen molar-refractivity contribution < 1.29 is 4.39 Å². The van der Waals surface area contributed by atoms with Gasteiger partial charge in [-0.3, -0.25) is 0 Å². The van der Waals surface area contributed by atoms with E-state index in [1.165, 1.54) is 6.07 Å². The summed E-state index contributed by atoms with van der Waals surface area (Å²) >= 11 is 3.39. The van der Waals surface area contributed by atoms with Gasteiger partial charge in [0.05, 0.1) is 11.3 Å². The van der Waals surface area contributed by atoms with Gasteiger partial charge in [-0.1, -0.05) is 28.1 Å². The summed E-state index contributed by atoms with van der Waals surface area (Å²) in [6.45, 7) is 0.779. The molecule has 0 atom stereocenters. The minimum absolute atomic E-state index is 0.244. The van der Waals surface area contributed by atoms with Crippen LogP contribution in [-0.2, 0) is 11.8 Å². The van der Waals surface area contributed by atoms with Crippen molar-refractivity contribution in [3.63, 3.8) is 0 Å². The van der Waals surface area contributed by atoms with Crippen LogP contribution in [-0.4, -0.2) is 6.54 Å². The predicted molar refractivity (Wildman–Crippen MR) is 80.9 cm³/mol. The second kappa shape index (κ2) is 5.26. The van der Waals surface area contributed by atoms with Crippen LogP contribution in [0.5, 0.6) is 0 Å². The zero-order valence-electron chi connectivity index (χ0n) is 10.7. The second-order valence-corrected chi connectivity index (χ2v) is 5.33. The second-order valence-electron chi connectivity index (χ2n) is 4.77. The summed E-state index contributed by atoms with van der Waals surface area (Å²) in [6.07, 6.45) is 0.876. The van der Waals surface area contributed by atoms with Gasteiger partial charge in [0.15, 0.2) is 0 Å². The van der Waals surface area contributed by atoms with Crippen LogP contribution in [0.3, 0.4) is 0 Å². The summed E-state index contributed by atoms with van der Waals surface area (Å²) in [5.74, 6) is -0.244. The van der Waals surface area contributed by atoms with Crippen molar-refractivity contribution >= 4 is 27.3 Å². The first-order valence-corrected chi connectivity index (χ1v) is 7.50. The molecule has 0 radical (unpaired) electrons. The Morgan fingerprint density at radius 3 is 2.80 bits per heavy atom. The molecule has 0 saturated heterocycles. The normalized spacial score (nSPS) is 13.2. The molecule has 20 heavy (non-hydrogen) atoms. The van der Waals surface area contributed by atoms with Crippen LogP contribution in [0.25, 0.3) is 0 Å². The van der Waals surface area contributed by atoms with Crippen molar-refractivity contribution in [2.75, 3.05) is 11.4 Å². The highest BCUT2D eigenvalue weighted by atomic mass is 79.9. The van der Waals surface area contributed by atoms with Crippen LogP contribution in [0.15, 0.2) is 36.4 Å². The number of fused-ring (bicyclic) bond motifs is 1. The molecule has 1 aliphatic heterocycles. The number of benzene rings is 2. The number of nitrogens with zero attached hydrogens (tertiary/aromatic N) is 2. The average Bonchev–Trinajstić information content (AvgIpc) is 2.89. The van der Waals surface area contributed by atoms with E-state index in [0.717, 1.165) is 35.5 Å². The number of alkyl halides is 1. The fourth-order valence-electron chi connectivity index (χ4n) is 2.59. The Bertz CT molecular complexity index is 706. The summed E-state index contributed by atoms with van der Waals surface area (Å²) in [6, 6.07) is 12.9. The molecule has 0 aliphatic carbocycles. The van der Waals surface area contributed by atoms with Crippen molar-refractivity contribution in [1.29, 1.82) is 5.26 Å². The van der Waals surface area contributed by atoms with E-state index in [1.54, 1.807) is 6.07 Å².